The van der Waals surface area contributed by atoms with Crippen molar-refractivity contribution >= 4 is 29.1 Å². The highest BCUT2D eigenvalue weighted by molar-refractivity contribution is 6.33. The highest BCUT2D eigenvalue weighted by Crippen LogP contribution is 2.25. The lowest BCUT2D eigenvalue weighted by Gasteiger charge is -2.14. The fourth-order valence-corrected chi connectivity index (χ4v) is 2.14. The average Bonchev–Trinajstić information content (AvgIpc) is 2.58. The zero-order valence-corrected chi connectivity index (χ0v) is 10.5. The Balaban J connectivity index is 2.15. The topological polar surface area (TPSA) is 49.4 Å². The van der Waals surface area contributed by atoms with E-state index < -0.39 is 11.9 Å². The third-order valence-corrected chi connectivity index (χ3v) is 3.13. The fraction of sp³-hybridized carbons (Fsp3) is 0.333. The van der Waals surface area contributed by atoms with Crippen LogP contribution in [0.4, 0.5) is 10.1 Å². The molecule has 0 aromatic heterocycles. The van der Waals surface area contributed by atoms with Crippen molar-refractivity contribution in [3.63, 3.8) is 0 Å². The van der Waals surface area contributed by atoms with Crippen LogP contribution in [0.5, 0.6) is 0 Å². The molecule has 1 aliphatic heterocycles. The number of likely N-dealkylation sites (tertiary alicyclic amines) is 1. The van der Waals surface area contributed by atoms with Gasteiger partial charge < -0.3 is 5.32 Å². The maximum atomic E-state index is 12.9. The number of hydrogen-bond acceptors (Lipinski definition) is 3. The molecule has 2 rings (SSSR count). The van der Waals surface area contributed by atoms with Gasteiger partial charge in [0, 0.05) is 6.54 Å². The Morgan fingerprint density at radius 1 is 1.50 bits per heavy atom. The third-order valence-electron chi connectivity index (χ3n) is 2.82. The molecule has 1 aromatic carbocycles. The summed E-state index contributed by atoms with van der Waals surface area (Å²) in [6, 6.07) is 3.22. The van der Waals surface area contributed by atoms with Crippen molar-refractivity contribution in [2.45, 2.75) is 19.4 Å². The number of rotatable bonds is 3. The number of nitrogens with one attached hydrogen (secondary N) is 1. The van der Waals surface area contributed by atoms with Crippen LogP contribution in [-0.4, -0.2) is 29.3 Å². The van der Waals surface area contributed by atoms with Gasteiger partial charge in [-0.1, -0.05) is 11.6 Å². The Morgan fingerprint density at radius 3 is 2.78 bits per heavy atom. The summed E-state index contributed by atoms with van der Waals surface area (Å²) in [4.78, 5) is 24.6. The van der Waals surface area contributed by atoms with Crippen molar-refractivity contribution in [2.75, 3.05) is 11.9 Å². The molecule has 0 radical (unpaired) electrons. The first-order valence-electron chi connectivity index (χ1n) is 5.58. The highest BCUT2D eigenvalue weighted by Gasteiger charge is 2.37. The van der Waals surface area contributed by atoms with E-state index in [2.05, 4.69) is 5.32 Å². The second-order valence-electron chi connectivity index (χ2n) is 4.00. The van der Waals surface area contributed by atoms with Gasteiger partial charge in [0.2, 0.25) is 5.91 Å². The van der Waals surface area contributed by atoms with Crippen molar-refractivity contribution in [1.29, 1.82) is 0 Å². The van der Waals surface area contributed by atoms with Gasteiger partial charge in [0.15, 0.2) is 0 Å². The summed E-state index contributed by atoms with van der Waals surface area (Å²) in [6.45, 7) is 2.09. The molecule has 1 fully saturated rings. The van der Waals surface area contributed by atoms with E-state index in [1.54, 1.807) is 6.92 Å². The molecule has 1 N–H and O–H groups in total. The van der Waals surface area contributed by atoms with Crippen LogP contribution in [0.2, 0.25) is 5.02 Å². The van der Waals surface area contributed by atoms with Gasteiger partial charge in [-0.2, -0.15) is 0 Å². The zero-order chi connectivity index (χ0) is 13.3. The number of anilines is 1. The van der Waals surface area contributed by atoms with E-state index in [-0.39, 0.29) is 23.3 Å². The van der Waals surface area contributed by atoms with Crippen molar-refractivity contribution in [3.05, 3.63) is 29.0 Å². The van der Waals surface area contributed by atoms with Crippen LogP contribution in [0.3, 0.4) is 0 Å². The Morgan fingerprint density at radius 2 is 2.22 bits per heavy atom. The minimum Gasteiger partial charge on any atom is -0.372 e. The van der Waals surface area contributed by atoms with E-state index >= 15 is 0 Å². The summed E-state index contributed by atoms with van der Waals surface area (Å²) in [5, 5.41) is 3.06. The van der Waals surface area contributed by atoms with Crippen LogP contribution in [0, 0.1) is 5.82 Å². The van der Waals surface area contributed by atoms with Gasteiger partial charge in [-0.3, -0.25) is 14.5 Å². The first-order chi connectivity index (χ1) is 8.52. The molecule has 0 spiro atoms. The number of halogens is 2. The number of likely N-dealkylation sites (N-methyl/N-ethyl adjacent to an activating group) is 1. The number of benzene rings is 1. The summed E-state index contributed by atoms with van der Waals surface area (Å²) in [5.41, 5.74) is 0.446. The quantitative estimate of drug-likeness (QED) is 0.855. The second kappa shape index (κ2) is 4.94. The van der Waals surface area contributed by atoms with Gasteiger partial charge in [-0.05, 0) is 25.1 Å². The number of imide groups is 1. The number of nitrogens with zero attached hydrogens (tertiary/aromatic N) is 1. The van der Waals surface area contributed by atoms with Gasteiger partial charge in [0.25, 0.3) is 5.91 Å². The second-order valence-corrected chi connectivity index (χ2v) is 4.41. The predicted molar refractivity (Wildman–Crippen MR) is 65.8 cm³/mol. The minimum atomic E-state index is -0.625. The maximum absolute atomic E-state index is 12.9. The molecule has 4 nitrogen and oxygen atoms in total. The van der Waals surface area contributed by atoms with Crippen molar-refractivity contribution in [1.82, 2.24) is 4.90 Å². The molecule has 1 heterocycles. The van der Waals surface area contributed by atoms with Crippen LogP contribution in [-0.2, 0) is 9.59 Å². The summed E-state index contributed by atoms with van der Waals surface area (Å²) < 4.78 is 12.9. The molecule has 1 atom stereocenters. The lowest BCUT2D eigenvalue weighted by atomic mass is 10.2. The lowest BCUT2D eigenvalue weighted by Crippen LogP contribution is -2.34. The standard InChI is InChI=1S/C12H12ClFN2O2/c1-2-16-11(17)6-10(12(16)18)15-9-4-3-7(14)5-8(9)13/h3-5,10,15H,2,6H2,1H3. The Labute approximate surface area is 109 Å². The summed E-state index contributed by atoms with van der Waals surface area (Å²) in [7, 11) is 0. The molecular formula is C12H12ClFN2O2. The Kier molecular flexibility index (Phi) is 3.52. The van der Waals surface area contributed by atoms with E-state index in [0.717, 1.165) is 6.07 Å². The minimum absolute atomic E-state index is 0.0976. The third kappa shape index (κ3) is 2.31. The molecule has 2 amide bonds. The van der Waals surface area contributed by atoms with E-state index in [9.17, 15) is 14.0 Å². The first kappa shape index (κ1) is 12.8. The van der Waals surface area contributed by atoms with Crippen LogP contribution >= 0.6 is 11.6 Å². The molecule has 1 aromatic rings. The maximum Gasteiger partial charge on any atom is 0.252 e. The molecule has 6 heteroatoms. The molecule has 1 saturated heterocycles. The van der Waals surface area contributed by atoms with Crippen LogP contribution < -0.4 is 5.32 Å². The summed E-state index contributed by atoms with van der Waals surface area (Å²) in [5.74, 6) is -0.935. The number of hydrogen-bond donors (Lipinski definition) is 1. The van der Waals surface area contributed by atoms with Crippen LogP contribution in [0.25, 0.3) is 0 Å². The van der Waals surface area contributed by atoms with Gasteiger partial charge in [-0.15, -0.1) is 0 Å². The fourth-order valence-electron chi connectivity index (χ4n) is 1.92. The average molecular weight is 271 g/mol. The van der Waals surface area contributed by atoms with Crippen molar-refractivity contribution in [3.8, 4) is 0 Å². The van der Waals surface area contributed by atoms with E-state index in [4.69, 9.17) is 11.6 Å². The number of carbonyl (C=O) groups is 2. The Hall–Kier alpha value is -1.62. The SMILES string of the molecule is CCN1C(=O)CC(Nc2ccc(F)cc2Cl)C1=O. The van der Waals surface area contributed by atoms with Gasteiger partial charge in [0.05, 0.1) is 17.1 Å². The molecule has 0 bridgehead atoms. The van der Waals surface area contributed by atoms with Gasteiger partial charge in [-0.25, -0.2) is 4.39 Å². The zero-order valence-electron chi connectivity index (χ0n) is 9.74. The van der Waals surface area contributed by atoms with Crippen LogP contribution in [0.15, 0.2) is 18.2 Å². The molecule has 96 valence electrons. The van der Waals surface area contributed by atoms with E-state index in [1.165, 1.54) is 17.0 Å². The predicted octanol–water partition coefficient (Wildman–Crippen LogP) is 2.04. The van der Waals surface area contributed by atoms with Gasteiger partial charge >= 0.3 is 0 Å². The number of amides is 2. The van der Waals surface area contributed by atoms with E-state index in [1.807, 2.05) is 0 Å². The molecular weight excluding hydrogens is 259 g/mol. The molecule has 1 unspecified atom stereocenters. The molecule has 1 aliphatic rings. The van der Waals surface area contributed by atoms with Crippen LogP contribution in [0.1, 0.15) is 13.3 Å². The largest absolute Gasteiger partial charge is 0.372 e. The van der Waals surface area contributed by atoms with Crippen molar-refractivity contribution < 1.29 is 14.0 Å². The summed E-state index contributed by atoms with van der Waals surface area (Å²) in [6.07, 6.45) is 0.0976. The monoisotopic (exact) mass is 270 g/mol. The first-order valence-corrected chi connectivity index (χ1v) is 5.96. The Bertz CT molecular complexity index is 507. The number of carbonyl (C=O) groups excluding carboxylic acids is 2. The van der Waals surface area contributed by atoms with Gasteiger partial charge in [0.1, 0.15) is 11.9 Å². The molecule has 0 aliphatic carbocycles. The highest BCUT2D eigenvalue weighted by atomic mass is 35.5. The normalized spacial score (nSPS) is 19.5. The van der Waals surface area contributed by atoms with E-state index in [0.29, 0.717) is 12.2 Å². The summed E-state index contributed by atoms with van der Waals surface area (Å²) >= 11 is 5.85. The van der Waals surface area contributed by atoms with Crippen molar-refractivity contribution in [2.24, 2.45) is 0 Å². The smallest absolute Gasteiger partial charge is 0.252 e. The lowest BCUT2D eigenvalue weighted by molar-refractivity contribution is -0.138. The molecule has 0 saturated carbocycles. The molecule has 18 heavy (non-hydrogen) atoms.